The number of nitrogens with two attached hydrogens (primary N) is 1. The van der Waals surface area contributed by atoms with Crippen LogP contribution in [0.3, 0.4) is 0 Å². The summed E-state index contributed by atoms with van der Waals surface area (Å²) in [6, 6.07) is 10.2. The van der Waals surface area contributed by atoms with Gasteiger partial charge in [0.05, 0.1) is 5.84 Å². The van der Waals surface area contributed by atoms with Crippen LogP contribution < -0.4 is 11.4 Å². The summed E-state index contributed by atoms with van der Waals surface area (Å²) in [6.45, 7) is 0. The molecule has 0 spiro atoms. The number of hydrogen-bond acceptors (Lipinski definition) is 4. The zero-order valence-corrected chi connectivity index (χ0v) is 12.3. The predicted molar refractivity (Wildman–Crippen MR) is 82.7 cm³/mol. The summed E-state index contributed by atoms with van der Waals surface area (Å²) in [5.74, 6) is 0.132. The van der Waals surface area contributed by atoms with Crippen molar-refractivity contribution in [2.75, 3.05) is 0 Å². The molecule has 1 heterocycles. The third-order valence-electron chi connectivity index (χ3n) is 3.41. The molecule has 0 amide bonds. The van der Waals surface area contributed by atoms with E-state index in [4.69, 9.17) is 11.1 Å². The third-order valence-corrected chi connectivity index (χ3v) is 4.63. The first-order chi connectivity index (χ1) is 10.1. The van der Waals surface area contributed by atoms with E-state index in [1.165, 1.54) is 11.8 Å². The van der Waals surface area contributed by atoms with Crippen LogP contribution in [0.5, 0.6) is 0 Å². The van der Waals surface area contributed by atoms with Gasteiger partial charge in [-0.15, -0.1) is 5.10 Å². The number of aromatic amines is 1. The number of aromatic nitrogens is 3. The maximum absolute atomic E-state index is 11.8. The zero-order chi connectivity index (χ0) is 14.8. The van der Waals surface area contributed by atoms with Crippen LogP contribution in [0.15, 0.2) is 40.3 Å². The van der Waals surface area contributed by atoms with Crippen LogP contribution in [0.1, 0.15) is 36.1 Å². The lowest BCUT2D eigenvalue weighted by molar-refractivity contribution is 0.641. The van der Waals surface area contributed by atoms with Crippen LogP contribution in [-0.4, -0.2) is 20.6 Å². The summed E-state index contributed by atoms with van der Waals surface area (Å²) in [5, 5.41) is 14.9. The maximum atomic E-state index is 11.8. The molecule has 1 atom stereocenters. The number of benzene rings is 1. The van der Waals surface area contributed by atoms with E-state index >= 15 is 0 Å². The first kappa shape index (κ1) is 13.9. The summed E-state index contributed by atoms with van der Waals surface area (Å²) in [4.78, 5) is 11.8. The molecular weight excluding hydrogens is 286 g/mol. The van der Waals surface area contributed by atoms with Crippen molar-refractivity contribution >= 4 is 17.6 Å². The SMILES string of the molecule is N=C(N)CC(Sc1n[nH]c(=O)n1C1CC1)c1ccccc1. The van der Waals surface area contributed by atoms with Crippen LogP contribution in [0.4, 0.5) is 0 Å². The fourth-order valence-corrected chi connectivity index (χ4v) is 3.50. The lowest BCUT2D eigenvalue weighted by Crippen LogP contribution is -2.17. The van der Waals surface area contributed by atoms with Crippen molar-refractivity contribution in [1.82, 2.24) is 14.8 Å². The Kier molecular flexibility index (Phi) is 3.83. The molecule has 110 valence electrons. The van der Waals surface area contributed by atoms with Crippen molar-refractivity contribution in [2.45, 2.75) is 35.7 Å². The van der Waals surface area contributed by atoms with E-state index < -0.39 is 0 Å². The molecule has 0 saturated heterocycles. The van der Waals surface area contributed by atoms with Gasteiger partial charge in [-0.2, -0.15) is 0 Å². The molecule has 1 saturated carbocycles. The number of amidine groups is 1. The van der Waals surface area contributed by atoms with Crippen molar-refractivity contribution in [2.24, 2.45) is 5.73 Å². The van der Waals surface area contributed by atoms with Gasteiger partial charge in [-0.25, -0.2) is 9.89 Å². The smallest absolute Gasteiger partial charge is 0.344 e. The minimum absolute atomic E-state index is 0.0172. The fourth-order valence-electron chi connectivity index (χ4n) is 2.25. The molecule has 3 rings (SSSR count). The topological polar surface area (TPSA) is 101 Å². The molecule has 6 nitrogen and oxygen atoms in total. The highest BCUT2D eigenvalue weighted by atomic mass is 32.2. The standard InChI is InChI=1S/C14H17N5OS/c15-12(16)8-11(9-4-2-1-3-5-9)21-14-18-17-13(20)19(14)10-6-7-10/h1-5,10-11H,6-8H2,(H3,15,16)(H,17,20). The Bertz CT molecular complexity index is 689. The lowest BCUT2D eigenvalue weighted by atomic mass is 10.1. The molecule has 0 aliphatic heterocycles. The predicted octanol–water partition coefficient (Wildman–Crippen LogP) is 2.07. The molecule has 4 N–H and O–H groups in total. The average molecular weight is 303 g/mol. The van der Waals surface area contributed by atoms with Gasteiger partial charge < -0.3 is 5.73 Å². The van der Waals surface area contributed by atoms with E-state index in [0.29, 0.717) is 11.6 Å². The van der Waals surface area contributed by atoms with Crippen LogP contribution >= 0.6 is 11.8 Å². The first-order valence-electron chi connectivity index (χ1n) is 6.86. The van der Waals surface area contributed by atoms with Crippen molar-refractivity contribution in [3.05, 3.63) is 46.4 Å². The molecule has 2 aromatic rings. The molecule has 1 aromatic carbocycles. The Hall–Kier alpha value is -2.02. The van der Waals surface area contributed by atoms with E-state index in [-0.39, 0.29) is 22.8 Å². The average Bonchev–Trinajstić information content (AvgIpc) is 3.23. The molecule has 1 aromatic heterocycles. The number of thioether (sulfide) groups is 1. The van der Waals surface area contributed by atoms with E-state index in [1.54, 1.807) is 4.57 Å². The Morgan fingerprint density at radius 3 is 2.81 bits per heavy atom. The van der Waals surface area contributed by atoms with Gasteiger partial charge in [0.1, 0.15) is 0 Å². The molecule has 7 heteroatoms. The van der Waals surface area contributed by atoms with Crippen molar-refractivity contribution in [3.8, 4) is 0 Å². The largest absolute Gasteiger partial charge is 0.388 e. The quantitative estimate of drug-likeness (QED) is 0.432. The van der Waals surface area contributed by atoms with E-state index in [9.17, 15) is 4.79 Å². The first-order valence-corrected chi connectivity index (χ1v) is 7.74. The van der Waals surface area contributed by atoms with Gasteiger partial charge >= 0.3 is 5.69 Å². The molecule has 0 bridgehead atoms. The van der Waals surface area contributed by atoms with Gasteiger partial charge in [-0.1, -0.05) is 42.1 Å². The fraction of sp³-hybridized carbons (Fsp3) is 0.357. The highest BCUT2D eigenvalue weighted by Crippen LogP contribution is 2.41. The Morgan fingerprint density at radius 2 is 2.19 bits per heavy atom. The van der Waals surface area contributed by atoms with Crippen LogP contribution in [0.25, 0.3) is 0 Å². The summed E-state index contributed by atoms with van der Waals surface area (Å²) < 4.78 is 1.72. The number of rotatable bonds is 6. The molecule has 0 radical (unpaired) electrons. The van der Waals surface area contributed by atoms with E-state index in [0.717, 1.165) is 18.4 Å². The summed E-state index contributed by atoms with van der Waals surface area (Å²) in [5.41, 5.74) is 6.49. The summed E-state index contributed by atoms with van der Waals surface area (Å²) >= 11 is 1.49. The highest BCUT2D eigenvalue weighted by Gasteiger charge is 2.30. The van der Waals surface area contributed by atoms with Gasteiger partial charge in [0, 0.05) is 17.7 Å². The maximum Gasteiger partial charge on any atom is 0.344 e. The number of nitrogens with one attached hydrogen (secondary N) is 2. The highest BCUT2D eigenvalue weighted by molar-refractivity contribution is 7.99. The molecule has 1 aliphatic carbocycles. The molecular formula is C14H17N5OS. The Balaban J connectivity index is 1.88. The summed E-state index contributed by atoms with van der Waals surface area (Å²) in [7, 11) is 0. The Labute approximate surface area is 126 Å². The molecule has 1 unspecified atom stereocenters. The monoisotopic (exact) mass is 303 g/mol. The second-order valence-electron chi connectivity index (χ2n) is 5.16. The normalized spacial score (nSPS) is 15.8. The van der Waals surface area contributed by atoms with Gasteiger partial charge in [0.2, 0.25) is 0 Å². The van der Waals surface area contributed by atoms with E-state index in [1.807, 2.05) is 30.3 Å². The Morgan fingerprint density at radius 1 is 1.48 bits per heavy atom. The van der Waals surface area contributed by atoms with Crippen molar-refractivity contribution in [1.29, 1.82) is 5.41 Å². The molecule has 1 fully saturated rings. The molecule has 1 aliphatic rings. The van der Waals surface area contributed by atoms with Gasteiger partial charge in [-0.3, -0.25) is 9.98 Å². The van der Waals surface area contributed by atoms with Crippen LogP contribution in [0, 0.1) is 5.41 Å². The molecule has 21 heavy (non-hydrogen) atoms. The van der Waals surface area contributed by atoms with Crippen molar-refractivity contribution in [3.63, 3.8) is 0 Å². The number of hydrogen-bond donors (Lipinski definition) is 3. The van der Waals surface area contributed by atoms with Gasteiger partial charge in [-0.05, 0) is 18.4 Å². The lowest BCUT2D eigenvalue weighted by Gasteiger charge is -2.16. The summed E-state index contributed by atoms with van der Waals surface area (Å²) in [6.07, 6.45) is 2.48. The second kappa shape index (κ2) is 5.77. The van der Waals surface area contributed by atoms with Gasteiger partial charge in [0.25, 0.3) is 0 Å². The third kappa shape index (κ3) is 3.18. The van der Waals surface area contributed by atoms with Gasteiger partial charge in [0.15, 0.2) is 5.16 Å². The minimum Gasteiger partial charge on any atom is -0.388 e. The number of H-pyrrole nitrogens is 1. The van der Waals surface area contributed by atoms with Crippen LogP contribution in [0.2, 0.25) is 0 Å². The van der Waals surface area contributed by atoms with Crippen LogP contribution in [-0.2, 0) is 0 Å². The minimum atomic E-state index is -0.158. The van der Waals surface area contributed by atoms with E-state index in [2.05, 4.69) is 10.2 Å². The number of nitrogens with zero attached hydrogens (tertiary/aromatic N) is 2. The zero-order valence-electron chi connectivity index (χ0n) is 11.5. The second-order valence-corrected chi connectivity index (χ2v) is 6.33. The van der Waals surface area contributed by atoms with Crippen molar-refractivity contribution < 1.29 is 0 Å².